The highest BCUT2D eigenvalue weighted by molar-refractivity contribution is 5.91. The zero-order chi connectivity index (χ0) is 22.8. The molecule has 0 amide bonds. The molecule has 5 rings (SSSR count). The number of rotatable bonds is 8. The van der Waals surface area contributed by atoms with E-state index in [4.69, 9.17) is 18.9 Å². The Morgan fingerprint density at radius 2 is 1.88 bits per heavy atom. The van der Waals surface area contributed by atoms with Gasteiger partial charge in [0.25, 0.3) is 0 Å². The summed E-state index contributed by atoms with van der Waals surface area (Å²) >= 11 is 0. The van der Waals surface area contributed by atoms with Gasteiger partial charge in [0.2, 0.25) is 5.69 Å². The first-order valence-corrected chi connectivity index (χ1v) is 11.0. The second-order valence-electron chi connectivity index (χ2n) is 7.93. The molecule has 33 heavy (non-hydrogen) atoms. The van der Waals surface area contributed by atoms with Crippen molar-refractivity contribution in [2.24, 2.45) is 0 Å². The summed E-state index contributed by atoms with van der Waals surface area (Å²) in [6.07, 6.45) is 7.13. The van der Waals surface area contributed by atoms with E-state index in [9.17, 15) is 0 Å². The zero-order valence-electron chi connectivity index (χ0n) is 19.1. The molecule has 4 aromatic rings. The Labute approximate surface area is 192 Å². The predicted octanol–water partition coefficient (Wildman–Crippen LogP) is 3.44. The summed E-state index contributed by atoms with van der Waals surface area (Å²) in [6.45, 7) is 2.19. The molecular weight excluding hydrogens is 420 g/mol. The average Bonchev–Trinajstić information content (AvgIpc) is 3.37. The fourth-order valence-corrected chi connectivity index (χ4v) is 4.42. The highest BCUT2D eigenvalue weighted by Crippen LogP contribution is 2.40. The van der Waals surface area contributed by atoms with Crippen molar-refractivity contribution >= 4 is 10.8 Å². The van der Waals surface area contributed by atoms with Crippen LogP contribution in [0.1, 0.15) is 12.0 Å². The molecular formula is C25H27N4O4+. The second kappa shape index (κ2) is 8.97. The van der Waals surface area contributed by atoms with Gasteiger partial charge in [0.1, 0.15) is 12.7 Å². The third kappa shape index (κ3) is 3.92. The number of benzene rings is 2. The normalized spacial score (nSPS) is 12.2. The number of nitrogens with zero attached hydrogens (tertiary/aromatic N) is 4. The van der Waals surface area contributed by atoms with E-state index in [1.54, 1.807) is 32.3 Å². The molecule has 0 spiro atoms. The molecule has 0 N–H and O–H groups in total. The topological polar surface area (TPSA) is 71.5 Å². The zero-order valence-corrected chi connectivity index (χ0v) is 19.1. The molecule has 0 fully saturated rings. The van der Waals surface area contributed by atoms with E-state index in [-0.39, 0.29) is 0 Å². The number of pyridine rings is 1. The Balaban J connectivity index is 1.48. The third-order valence-electron chi connectivity index (χ3n) is 6.05. The van der Waals surface area contributed by atoms with Crippen LogP contribution in [0.3, 0.4) is 0 Å². The van der Waals surface area contributed by atoms with Crippen molar-refractivity contribution in [3.63, 3.8) is 0 Å². The summed E-state index contributed by atoms with van der Waals surface area (Å²) in [4.78, 5) is 3.97. The molecule has 1 aliphatic rings. The lowest BCUT2D eigenvalue weighted by Gasteiger charge is -2.19. The van der Waals surface area contributed by atoms with Gasteiger partial charge < -0.3 is 18.9 Å². The van der Waals surface area contributed by atoms with Crippen molar-refractivity contribution in [2.75, 3.05) is 27.9 Å². The summed E-state index contributed by atoms with van der Waals surface area (Å²) in [6, 6.07) is 10.4. The number of hydrogen-bond donors (Lipinski definition) is 0. The first kappa shape index (κ1) is 21.1. The van der Waals surface area contributed by atoms with Crippen LogP contribution in [0.4, 0.5) is 0 Å². The SMILES string of the molecule is COc1cc2c(cc1OCCCn1cncn1)-c1cc3ccc(OC)c(OC)c3c[n+]1CC2. The summed E-state index contributed by atoms with van der Waals surface area (Å²) in [5.41, 5.74) is 3.55. The largest absolute Gasteiger partial charge is 0.493 e. The Bertz CT molecular complexity index is 1290. The Hall–Kier alpha value is -3.81. The number of aryl methyl sites for hydroxylation is 3. The van der Waals surface area contributed by atoms with Crippen molar-refractivity contribution in [3.05, 3.63) is 54.7 Å². The lowest BCUT2D eigenvalue weighted by Crippen LogP contribution is -2.40. The molecule has 0 unspecified atom stereocenters. The predicted molar refractivity (Wildman–Crippen MR) is 123 cm³/mol. The number of fused-ring (bicyclic) bond motifs is 4. The highest BCUT2D eigenvalue weighted by atomic mass is 16.5. The van der Waals surface area contributed by atoms with Gasteiger partial charge in [0.15, 0.2) is 35.7 Å². The summed E-state index contributed by atoms with van der Waals surface area (Å²) in [7, 11) is 5.02. The molecule has 0 atom stereocenters. The van der Waals surface area contributed by atoms with Crippen LogP contribution in [-0.4, -0.2) is 42.7 Å². The first-order chi connectivity index (χ1) is 16.2. The molecule has 0 radical (unpaired) electrons. The Morgan fingerprint density at radius 1 is 1.00 bits per heavy atom. The minimum absolute atomic E-state index is 0.559. The molecule has 170 valence electrons. The fraction of sp³-hybridized carbons (Fsp3) is 0.320. The van der Waals surface area contributed by atoms with Gasteiger partial charge in [-0.25, -0.2) is 4.98 Å². The smallest absolute Gasteiger partial charge is 0.213 e. The van der Waals surface area contributed by atoms with Crippen LogP contribution >= 0.6 is 0 Å². The maximum atomic E-state index is 6.13. The van der Waals surface area contributed by atoms with E-state index >= 15 is 0 Å². The van der Waals surface area contributed by atoms with Gasteiger partial charge in [-0.3, -0.25) is 4.68 Å². The van der Waals surface area contributed by atoms with Crippen LogP contribution in [0.5, 0.6) is 23.0 Å². The van der Waals surface area contributed by atoms with E-state index in [1.807, 2.05) is 6.07 Å². The van der Waals surface area contributed by atoms with Crippen molar-refractivity contribution in [1.29, 1.82) is 0 Å². The van der Waals surface area contributed by atoms with Gasteiger partial charge in [-0.2, -0.15) is 9.67 Å². The van der Waals surface area contributed by atoms with E-state index in [1.165, 1.54) is 11.9 Å². The molecule has 8 nitrogen and oxygen atoms in total. The van der Waals surface area contributed by atoms with Crippen LogP contribution in [0, 0.1) is 0 Å². The molecule has 0 aliphatic carbocycles. The van der Waals surface area contributed by atoms with Crippen LogP contribution in [0.15, 0.2) is 49.2 Å². The summed E-state index contributed by atoms with van der Waals surface area (Å²) in [5, 5.41) is 6.26. The minimum Gasteiger partial charge on any atom is -0.493 e. The Morgan fingerprint density at radius 3 is 2.64 bits per heavy atom. The van der Waals surface area contributed by atoms with Gasteiger partial charge >= 0.3 is 0 Å². The molecule has 1 aliphatic heterocycles. The van der Waals surface area contributed by atoms with E-state index in [0.29, 0.717) is 6.61 Å². The van der Waals surface area contributed by atoms with Crippen molar-refractivity contribution in [3.8, 4) is 34.3 Å². The molecule has 2 aromatic carbocycles. The van der Waals surface area contributed by atoms with Gasteiger partial charge in [-0.05, 0) is 35.2 Å². The highest BCUT2D eigenvalue weighted by Gasteiger charge is 2.27. The van der Waals surface area contributed by atoms with E-state index in [0.717, 1.165) is 71.0 Å². The van der Waals surface area contributed by atoms with Gasteiger partial charge in [-0.1, -0.05) is 0 Å². The van der Waals surface area contributed by atoms with Gasteiger partial charge in [0.05, 0.1) is 38.9 Å². The lowest BCUT2D eigenvalue weighted by atomic mass is 9.95. The number of hydrogen-bond acceptors (Lipinski definition) is 6. The summed E-state index contributed by atoms with van der Waals surface area (Å²) in [5.74, 6) is 2.99. The standard InChI is InChI=1S/C25H27N4O4/c1-30-22-6-5-17-11-21-19-13-24(33-10-4-8-29-16-26-15-27-29)23(31-2)12-18(19)7-9-28(21)14-20(17)25(22)32-3/h5-6,11-16H,4,7-10H2,1-3H3/q+1. The molecule has 0 bridgehead atoms. The van der Waals surface area contributed by atoms with Gasteiger partial charge in [0, 0.05) is 25.5 Å². The van der Waals surface area contributed by atoms with Crippen molar-refractivity contribution < 1.29 is 23.5 Å². The molecule has 2 aromatic heterocycles. The van der Waals surface area contributed by atoms with Crippen LogP contribution in [0.25, 0.3) is 22.0 Å². The van der Waals surface area contributed by atoms with Crippen LogP contribution in [0.2, 0.25) is 0 Å². The number of methoxy groups -OCH3 is 3. The van der Waals surface area contributed by atoms with Gasteiger partial charge in [-0.15, -0.1) is 0 Å². The van der Waals surface area contributed by atoms with Crippen LogP contribution < -0.4 is 23.5 Å². The molecule has 8 heteroatoms. The van der Waals surface area contributed by atoms with Crippen molar-refractivity contribution in [2.45, 2.75) is 25.9 Å². The van der Waals surface area contributed by atoms with Crippen molar-refractivity contribution in [1.82, 2.24) is 14.8 Å². The molecule has 3 heterocycles. The molecule has 0 saturated heterocycles. The second-order valence-corrected chi connectivity index (χ2v) is 7.93. The van der Waals surface area contributed by atoms with E-state index < -0.39 is 0 Å². The average molecular weight is 448 g/mol. The first-order valence-electron chi connectivity index (χ1n) is 11.0. The monoisotopic (exact) mass is 447 g/mol. The number of ether oxygens (including phenoxy) is 4. The Kier molecular flexibility index (Phi) is 5.73. The molecule has 0 saturated carbocycles. The maximum absolute atomic E-state index is 6.13. The van der Waals surface area contributed by atoms with Crippen LogP contribution in [-0.2, 0) is 19.5 Å². The summed E-state index contributed by atoms with van der Waals surface area (Å²) < 4.78 is 27.0. The van der Waals surface area contributed by atoms with E-state index in [2.05, 4.69) is 45.1 Å². The third-order valence-corrected chi connectivity index (χ3v) is 6.05. The maximum Gasteiger partial charge on any atom is 0.213 e. The number of aromatic nitrogens is 4. The quantitative estimate of drug-likeness (QED) is 0.304. The lowest BCUT2D eigenvalue weighted by molar-refractivity contribution is -0.686. The minimum atomic E-state index is 0.559. The fourth-order valence-electron chi connectivity index (χ4n) is 4.42.